The summed E-state index contributed by atoms with van der Waals surface area (Å²) in [6.45, 7) is 3.49. The summed E-state index contributed by atoms with van der Waals surface area (Å²) in [6.07, 6.45) is 7.50. The van der Waals surface area contributed by atoms with Crippen LogP contribution in [-0.2, 0) is 22.6 Å². The molecule has 4 bridgehead atoms. The van der Waals surface area contributed by atoms with Crippen molar-refractivity contribution in [3.05, 3.63) is 131 Å². The number of carbonyl (C=O) groups excluding carboxylic acids is 1. The molecule has 0 aromatic heterocycles. The van der Waals surface area contributed by atoms with Gasteiger partial charge in [-0.15, -0.1) is 0 Å². The fraction of sp³-hybridized carbons (Fsp3) is 0.444. The van der Waals surface area contributed by atoms with Crippen LogP contribution in [0.3, 0.4) is 0 Å². The maximum absolute atomic E-state index is 13.2. The number of nitrogens with one attached hydrogen (secondary N) is 2. The molecule has 4 aliphatic carbocycles. The minimum atomic E-state index is -0.542. The molecule has 5 fully saturated rings. The van der Waals surface area contributed by atoms with E-state index in [2.05, 4.69) is 121 Å². The van der Waals surface area contributed by atoms with E-state index in [1.54, 1.807) is 0 Å². The zero-order valence-electron chi connectivity index (χ0n) is 30.5. The van der Waals surface area contributed by atoms with Crippen LogP contribution >= 0.6 is 0 Å². The van der Waals surface area contributed by atoms with Gasteiger partial charge in [0.2, 0.25) is 0 Å². The fourth-order valence-corrected chi connectivity index (χ4v) is 9.96. The van der Waals surface area contributed by atoms with E-state index in [1.807, 2.05) is 12.1 Å². The summed E-state index contributed by atoms with van der Waals surface area (Å²) in [6, 6.07) is 35.7. The molecule has 7 heteroatoms. The summed E-state index contributed by atoms with van der Waals surface area (Å²) in [5.74, 6) is 2.38. The van der Waals surface area contributed by atoms with Crippen LogP contribution in [0, 0.1) is 17.8 Å². The van der Waals surface area contributed by atoms with Gasteiger partial charge >= 0.3 is 6.03 Å². The van der Waals surface area contributed by atoms with Gasteiger partial charge in [-0.05, 0) is 116 Å². The lowest BCUT2D eigenvalue weighted by molar-refractivity contribution is -0.253. The van der Waals surface area contributed by atoms with Gasteiger partial charge in [-0.3, -0.25) is 4.90 Å². The highest BCUT2D eigenvalue weighted by Crippen LogP contribution is 2.55. The largest absolute Gasteiger partial charge is 0.392 e. The Kier molecular flexibility index (Phi) is 10.2. The van der Waals surface area contributed by atoms with Crippen molar-refractivity contribution >= 4 is 6.03 Å². The first-order chi connectivity index (χ1) is 25.3. The molecule has 52 heavy (non-hydrogen) atoms. The fourth-order valence-electron chi connectivity index (χ4n) is 9.96. The van der Waals surface area contributed by atoms with Crippen LogP contribution in [0.15, 0.2) is 103 Å². The molecule has 0 spiro atoms. The quantitative estimate of drug-likeness (QED) is 0.146. The second kappa shape index (κ2) is 15.2. The Balaban J connectivity index is 0.959. The number of aliphatic hydroxyl groups is 1. The first-order valence-electron chi connectivity index (χ1n) is 19.3. The summed E-state index contributed by atoms with van der Waals surface area (Å²) in [5.41, 5.74) is 7.44. The Labute approximate surface area is 308 Å². The molecule has 5 aliphatic rings. The third kappa shape index (κ3) is 7.84. The molecule has 2 amide bonds. The molecule has 7 nitrogen and oxygen atoms in total. The predicted octanol–water partition coefficient (Wildman–Crippen LogP) is 8.85. The molecule has 9 rings (SSSR count). The van der Waals surface area contributed by atoms with Crippen LogP contribution in [0.5, 0.6) is 0 Å². The van der Waals surface area contributed by atoms with E-state index in [1.165, 1.54) is 24.8 Å². The lowest BCUT2D eigenvalue weighted by Gasteiger charge is -2.56. The number of likely N-dealkylation sites (N-methyl/N-ethyl adjacent to an activating group) is 1. The average Bonchev–Trinajstić information content (AvgIpc) is 3.16. The number of hydrogen-bond donors (Lipinski definition) is 3. The Morgan fingerprint density at radius 2 is 1.46 bits per heavy atom. The molecule has 4 saturated carbocycles. The Hall–Kier alpha value is -4.01. The SMILES string of the molecule is C[C@@H](c1ccccc1)N(C)C[C@@H]1C[C@H](c2ccc(CO)cc2)O[C@H](c2cccc(-c3cccc(CNC(=O)NC45CC6CC(CC(C6)C4)C5)c3)c2)O1. The molecule has 4 aromatic carbocycles. The van der Waals surface area contributed by atoms with Gasteiger partial charge < -0.3 is 25.2 Å². The van der Waals surface area contributed by atoms with E-state index >= 15 is 0 Å². The van der Waals surface area contributed by atoms with Crippen LogP contribution in [0.25, 0.3) is 11.1 Å². The highest BCUT2D eigenvalue weighted by Gasteiger charge is 2.51. The first kappa shape index (κ1) is 35.0. The summed E-state index contributed by atoms with van der Waals surface area (Å²) in [4.78, 5) is 15.5. The minimum Gasteiger partial charge on any atom is -0.392 e. The normalized spacial score (nSPS) is 28.5. The van der Waals surface area contributed by atoms with Crippen molar-refractivity contribution < 1.29 is 19.4 Å². The number of rotatable bonds is 11. The molecule has 3 N–H and O–H groups in total. The second-order valence-electron chi connectivity index (χ2n) is 16.2. The van der Waals surface area contributed by atoms with E-state index in [0.29, 0.717) is 6.54 Å². The van der Waals surface area contributed by atoms with Crippen molar-refractivity contribution in [3.63, 3.8) is 0 Å². The highest BCUT2D eigenvalue weighted by atomic mass is 16.7. The number of urea groups is 1. The van der Waals surface area contributed by atoms with Crippen LogP contribution in [0.4, 0.5) is 4.79 Å². The lowest BCUT2D eigenvalue weighted by atomic mass is 9.53. The standard InChI is InChI=1S/C45H53N3O4/c1-30(36-9-4-3-5-10-36)48(2)28-41-23-42(37-16-14-31(29-49)15-17-37)52-43(51-41)40-13-7-12-39(22-40)38-11-6-8-32(21-38)27-46-44(50)47-45-24-33-18-34(25-45)20-35(19-33)26-45/h3-17,21-22,30,33-35,41-43,49H,18-20,23-29H2,1-2H3,(H2,46,47,50)/t30-,33?,34?,35?,41-,42+,43+,45?/m0/s1. The maximum atomic E-state index is 13.2. The number of nitrogens with zero attached hydrogens (tertiary/aromatic N) is 1. The summed E-state index contributed by atoms with van der Waals surface area (Å²) < 4.78 is 13.5. The average molecular weight is 700 g/mol. The minimum absolute atomic E-state index is 0.000829. The second-order valence-corrected chi connectivity index (χ2v) is 16.2. The summed E-state index contributed by atoms with van der Waals surface area (Å²) in [5, 5.41) is 16.2. The van der Waals surface area contributed by atoms with Crippen molar-refractivity contribution in [3.8, 4) is 11.1 Å². The molecule has 1 aliphatic heterocycles. The number of amides is 2. The predicted molar refractivity (Wildman–Crippen MR) is 204 cm³/mol. The third-order valence-electron chi connectivity index (χ3n) is 12.3. The molecule has 4 atom stereocenters. The zero-order valence-corrected chi connectivity index (χ0v) is 30.5. The van der Waals surface area contributed by atoms with E-state index < -0.39 is 6.29 Å². The van der Waals surface area contributed by atoms with Crippen LogP contribution in [0.2, 0.25) is 0 Å². The number of benzene rings is 4. The molecule has 272 valence electrons. The number of aliphatic hydroxyl groups excluding tert-OH is 1. The van der Waals surface area contributed by atoms with Gasteiger partial charge in [-0.2, -0.15) is 0 Å². The Bertz CT molecular complexity index is 1790. The van der Waals surface area contributed by atoms with E-state index in [9.17, 15) is 9.90 Å². The van der Waals surface area contributed by atoms with E-state index in [0.717, 1.165) is 83.4 Å². The van der Waals surface area contributed by atoms with Gasteiger partial charge in [0.15, 0.2) is 6.29 Å². The van der Waals surface area contributed by atoms with Gasteiger partial charge in [-0.1, -0.05) is 91.0 Å². The lowest BCUT2D eigenvalue weighted by Crippen LogP contribution is -2.61. The van der Waals surface area contributed by atoms with Crippen molar-refractivity contribution in [2.24, 2.45) is 17.8 Å². The topological polar surface area (TPSA) is 83.1 Å². The number of ether oxygens (including phenoxy) is 2. The molecular weight excluding hydrogens is 647 g/mol. The van der Waals surface area contributed by atoms with Crippen LogP contribution < -0.4 is 10.6 Å². The molecule has 4 aromatic rings. The van der Waals surface area contributed by atoms with Crippen molar-refractivity contribution in [1.82, 2.24) is 15.5 Å². The van der Waals surface area contributed by atoms with Crippen molar-refractivity contribution in [1.29, 1.82) is 0 Å². The summed E-state index contributed by atoms with van der Waals surface area (Å²) >= 11 is 0. The molecule has 0 radical (unpaired) electrons. The maximum Gasteiger partial charge on any atom is 0.315 e. The molecule has 0 unspecified atom stereocenters. The molecule has 1 saturated heterocycles. The first-order valence-corrected chi connectivity index (χ1v) is 19.3. The van der Waals surface area contributed by atoms with Crippen molar-refractivity contribution in [2.45, 2.75) is 95.1 Å². The van der Waals surface area contributed by atoms with Gasteiger partial charge in [0, 0.05) is 36.7 Å². The van der Waals surface area contributed by atoms with Gasteiger partial charge in [-0.25, -0.2) is 4.79 Å². The number of carbonyl (C=O) groups is 1. The van der Waals surface area contributed by atoms with E-state index in [4.69, 9.17) is 9.47 Å². The monoisotopic (exact) mass is 699 g/mol. The third-order valence-corrected chi connectivity index (χ3v) is 12.3. The zero-order chi connectivity index (χ0) is 35.7. The summed E-state index contributed by atoms with van der Waals surface area (Å²) in [7, 11) is 2.16. The molecule has 1 heterocycles. The van der Waals surface area contributed by atoms with Gasteiger partial charge in [0.05, 0.1) is 18.8 Å². The smallest absolute Gasteiger partial charge is 0.315 e. The van der Waals surface area contributed by atoms with Crippen molar-refractivity contribution in [2.75, 3.05) is 13.6 Å². The van der Waals surface area contributed by atoms with Gasteiger partial charge in [0.25, 0.3) is 0 Å². The highest BCUT2D eigenvalue weighted by molar-refractivity contribution is 5.75. The van der Waals surface area contributed by atoms with Crippen LogP contribution in [0.1, 0.15) is 98.1 Å². The number of hydrogen-bond acceptors (Lipinski definition) is 5. The Morgan fingerprint density at radius 3 is 2.15 bits per heavy atom. The Morgan fingerprint density at radius 1 is 0.788 bits per heavy atom. The van der Waals surface area contributed by atoms with E-state index in [-0.39, 0.29) is 36.4 Å². The van der Waals surface area contributed by atoms with Gasteiger partial charge in [0.1, 0.15) is 0 Å². The van der Waals surface area contributed by atoms with Crippen LogP contribution in [-0.4, -0.2) is 41.3 Å². The molecular formula is C45H53N3O4.